The molecule has 0 bridgehead atoms. The molecule has 0 atom stereocenters. The molecule has 5 heteroatoms. The van der Waals surface area contributed by atoms with Gasteiger partial charge in [-0.1, -0.05) is 15.9 Å². The third-order valence-corrected chi connectivity index (χ3v) is 3.76. The zero-order chi connectivity index (χ0) is 13.1. The number of aryl methyl sites for hydroxylation is 1. The Morgan fingerprint density at radius 3 is 2.78 bits per heavy atom. The number of carbonyl (C=O) groups is 1. The Balaban J connectivity index is 2.02. The molecule has 1 aromatic carbocycles. The molecule has 0 saturated carbocycles. The number of rotatable bonds is 4. The molecule has 0 radical (unpaired) electrons. The molecule has 94 valence electrons. The quantitative estimate of drug-likeness (QED) is 0.856. The molecule has 18 heavy (non-hydrogen) atoms. The van der Waals surface area contributed by atoms with Gasteiger partial charge in [-0.05, 0) is 30.7 Å². The van der Waals surface area contributed by atoms with Crippen LogP contribution in [0.3, 0.4) is 0 Å². The first-order valence-corrected chi connectivity index (χ1v) is 7.08. The number of Topliss-reactive ketones (excluding diaryl/α,β-unsaturated/α-hetero) is 1. The topological polar surface area (TPSA) is 30.0 Å². The summed E-state index contributed by atoms with van der Waals surface area (Å²) in [7, 11) is 0. The van der Waals surface area contributed by atoms with Gasteiger partial charge in [0.1, 0.15) is 16.6 Å². The van der Waals surface area contributed by atoms with Crippen molar-refractivity contribution < 1.29 is 9.18 Å². The number of hydrogen-bond donors (Lipinski definition) is 0. The van der Waals surface area contributed by atoms with Crippen LogP contribution in [0.4, 0.5) is 4.39 Å². The first-order chi connectivity index (χ1) is 8.52. The Bertz CT molecular complexity index is 562. The van der Waals surface area contributed by atoms with Crippen molar-refractivity contribution in [1.29, 1.82) is 0 Å². The summed E-state index contributed by atoms with van der Waals surface area (Å²) in [6.07, 6.45) is 0.543. The van der Waals surface area contributed by atoms with E-state index in [4.69, 9.17) is 0 Å². The molecule has 0 amide bonds. The fraction of sp³-hybridized carbons (Fsp3) is 0.231. The predicted molar refractivity (Wildman–Crippen MR) is 73.4 cm³/mol. The molecule has 0 aliphatic carbocycles. The second-order valence-corrected chi connectivity index (χ2v) is 5.91. The lowest BCUT2D eigenvalue weighted by molar-refractivity contribution is -0.117. The number of aromatic nitrogens is 1. The third kappa shape index (κ3) is 3.71. The van der Waals surface area contributed by atoms with Gasteiger partial charge in [0.25, 0.3) is 0 Å². The fourth-order valence-electron chi connectivity index (χ4n) is 1.66. The Morgan fingerprint density at radius 1 is 1.39 bits per heavy atom. The molecule has 0 spiro atoms. The van der Waals surface area contributed by atoms with Crippen LogP contribution in [-0.2, 0) is 17.6 Å². The largest absolute Gasteiger partial charge is 0.299 e. The van der Waals surface area contributed by atoms with Gasteiger partial charge >= 0.3 is 0 Å². The molecule has 0 aliphatic rings. The van der Waals surface area contributed by atoms with Crippen molar-refractivity contribution in [3.63, 3.8) is 0 Å². The Kier molecular flexibility index (Phi) is 4.24. The minimum Gasteiger partial charge on any atom is -0.299 e. The van der Waals surface area contributed by atoms with Crippen LogP contribution in [0.2, 0.25) is 0 Å². The normalized spacial score (nSPS) is 10.6. The number of nitrogens with zero attached hydrogens (tertiary/aromatic N) is 1. The molecular formula is C13H11BrFNOS. The lowest BCUT2D eigenvalue weighted by Crippen LogP contribution is -2.06. The smallest absolute Gasteiger partial charge is 0.144 e. The van der Waals surface area contributed by atoms with E-state index >= 15 is 0 Å². The maximum absolute atomic E-state index is 13.2. The van der Waals surface area contributed by atoms with E-state index in [0.717, 1.165) is 10.7 Å². The van der Waals surface area contributed by atoms with E-state index < -0.39 is 0 Å². The number of ketones is 1. The van der Waals surface area contributed by atoms with Gasteiger partial charge in [0, 0.05) is 22.0 Å². The molecule has 2 aromatic rings. The van der Waals surface area contributed by atoms with Crippen LogP contribution in [-0.4, -0.2) is 10.8 Å². The lowest BCUT2D eigenvalue weighted by atomic mass is 10.1. The Labute approximate surface area is 117 Å². The summed E-state index contributed by atoms with van der Waals surface area (Å²) >= 11 is 4.69. The molecule has 1 heterocycles. The summed E-state index contributed by atoms with van der Waals surface area (Å²) in [5, 5.41) is 2.73. The molecule has 1 aromatic heterocycles. The van der Waals surface area contributed by atoms with E-state index in [1.54, 1.807) is 6.07 Å². The summed E-state index contributed by atoms with van der Waals surface area (Å²) in [6, 6.07) is 4.52. The van der Waals surface area contributed by atoms with Crippen molar-refractivity contribution in [2.24, 2.45) is 0 Å². The number of halogens is 2. The van der Waals surface area contributed by atoms with E-state index in [0.29, 0.717) is 16.5 Å². The zero-order valence-corrected chi connectivity index (χ0v) is 12.1. The monoisotopic (exact) mass is 327 g/mol. The second-order valence-electron chi connectivity index (χ2n) is 4.05. The highest BCUT2D eigenvalue weighted by molar-refractivity contribution is 9.10. The first-order valence-electron chi connectivity index (χ1n) is 5.40. The first kappa shape index (κ1) is 13.4. The number of benzene rings is 1. The predicted octanol–water partition coefficient (Wildman–Crippen LogP) is 3.71. The fourth-order valence-corrected chi connectivity index (χ4v) is 2.97. The minimum absolute atomic E-state index is 0.0434. The lowest BCUT2D eigenvalue weighted by Gasteiger charge is -2.01. The molecule has 0 unspecified atom stereocenters. The zero-order valence-electron chi connectivity index (χ0n) is 9.74. The van der Waals surface area contributed by atoms with Gasteiger partial charge in [-0.15, -0.1) is 11.3 Å². The maximum Gasteiger partial charge on any atom is 0.144 e. The molecule has 2 rings (SSSR count). The van der Waals surface area contributed by atoms with Gasteiger partial charge in [0.15, 0.2) is 0 Å². The average Bonchev–Trinajstić information content (AvgIpc) is 2.61. The van der Waals surface area contributed by atoms with Crippen LogP contribution >= 0.6 is 27.3 Å². The van der Waals surface area contributed by atoms with Gasteiger partial charge in [-0.25, -0.2) is 9.37 Å². The number of thiazole rings is 1. The highest BCUT2D eigenvalue weighted by Gasteiger charge is 2.09. The summed E-state index contributed by atoms with van der Waals surface area (Å²) in [6.45, 7) is 1.90. The van der Waals surface area contributed by atoms with E-state index in [9.17, 15) is 9.18 Å². The van der Waals surface area contributed by atoms with E-state index in [-0.39, 0.29) is 18.0 Å². The summed E-state index contributed by atoms with van der Waals surface area (Å²) in [4.78, 5) is 16.1. The Morgan fingerprint density at radius 2 is 2.17 bits per heavy atom. The maximum atomic E-state index is 13.2. The van der Waals surface area contributed by atoms with Gasteiger partial charge in [-0.2, -0.15) is 0 Å². The van der Waals surface area contributed by atoms with Crippen molar-refractivity contribution in [1.82, 2.24) is 4.98 Å². The van der Waals surface area contributed by atoms with Crippen LogP contribution in [0.15, 0.2) is 28.1 Å². The van der Waals surface area contributed by atoms with Crippen molar-refractivity contribution in [3.05, 3.63) is 50.1 Å². The standard InChI is InChI=1S/C13H11BrFNOS/c1-8-7-18-13(16-8)6-12(17)4-9-2-10(14)5-11(15)3-9/h2-3,5,7H,4,6H2,1H3. The summed E-state index contributed by atoms with van der Waals surface area (Å²) in [5.41, 5.74) is 1.61. The molecule has 0 saturated heterocycles. The number of hydrogen-bond acceptors (Lipinski definition) is 3. The summed E-state index contributed by atoms with van der Waals surface area (Å²) < 4.78 is 13.8. The minimum atomic E-state index is -0.336. The van der Waals surface area contributed by atoms with Crippen LogP contribution in [0.1, 0.15) is 16.3 Å². The van der Waals surface area contributed by atoms with Gasteiger partial charge in [0.2, 0.25) is 0 Å². The van der Waals surface area contributed by atoms with Crippen LogP contribution in [0, 0.1) is 12.7 Å². The number of carbonyl (C=O) groups excluding carboxylic acids is 1. The van der Waals surface area contributed by atoms with Crippen molar-refractivity contribution in [2.75, 3.05) is 0 Å². The second kappa shape index (κ2) is 5.71. The van der Waals surface area contributed by atoms with Gasteiger partial charge < -0.3 is 0 Å². The highest BCUT2D eigenvalue weighted by atomic mass is 79.9. The molecule has 2 nitrogen and oxygen atoms in total. The molecule has 0 aliphatic heterocycles. The van der Waals surface area contributed by atoms with Crippen molar-refractivity contribution in [2.45, 2.75) is 19.8 Å². The van der Waals surface area contributed by atoms with Gasteiger partial charge in [-0.3, -0.25) is 4.79 Å². The molecular weight excluding hydrogens is 317 g/mol. The van der Waals surface area contributed by atoms with Crippen molar-refractivity contribution in [3.8, 4) is 0 Å². The molecule has 0 N–H and O–H groups in total. The Hall–Kier alpha value is -1.07. The van der Waals surface area contributed by atoms with E-state index in [1.165, 1.54) is 23.5 Å². The van der Waals surface area contributed by atoms with Crippen LogP contribution in [0.25, 0.3) is 0 Å². The van der Waals surface area contributed by atoms with Crippen LogP contribution in [0.5, 0.6) is 0 Å². The van der Waals surface area contributed by atoms with E-state index in [1.807, 2.05) is 12.3 Å². The summed E-state index contributed by atoms with van der Waals surface area (Å²) in [5.74, 6) is -0.292. The van der Waals surface area contributed by atoms with Crippen molar-refractivity contribution >= 4 is 33.0 Å². The third-order valence-electron chi connectivity index (χ3n) is 2.34. The van der Waals surface area contributed by atoms with Crippen LogP contribution < -0.4 is 0 Å². The SMILES string of the molecule is Cc1csc(CC(=O)Cc2cc(F)cc(Br)c2)n1. The highest BCUT2D eigenvalue weighted by Crippen LogP contribution is 2.16. The average molecular weight is 328 g/mol. The molecule has 0 fully saturated rings. The van der Waals surface area contributed by atoms with E-state index in [2.05, 4.69) is 20.9 Å². The van der Waals surface area contributed by atoms with Gasteiger partial charge in [0.05, 0.1) is 6.42 Å².